The van der Waals surface area contributed by atoms with Crippen LogP contribution in [-0.2, 0) is 0 Å². The van der Waals surface area contributed by atoms with Crippen molar-refractivity contribution in [3.63, 3.8) is 0 Å². The molecule has 0 saturated carbocycles. The van der Waals surface area contributed by atoms with Crippen molar-refractivity contribution < 1.29 is 0 Å². The van der Waals surface area contributed by atoms with Gasteiger partial charge in [-0.3, -0.25) is 0 Å². The van der Waals surface area contributed by atoms with Crippen LogP contribution in [0, 0.1) is 22.7 Å². The van der Waals surface area contributed by atoms with Crippen molar-refractivity contribution in [2.45, 2.75) is 0 Å². The molecule has 0 aliphatic rings. The van der Waals surface area contributed by atoms with Gasteiger partial charge in [0.25, 0.3) is 0 Å². The predicted molar refractivity (Wildman–Crippen MR) is 49.1 cm³/mol. The van der Waals surface area contributed by atoms with E-state index in [9.17, 15) is 0 Å². The lowest BCUT2D eigenvalue weighted by molar-refractivity contribution is 1.50. The van der Waals surface area contributed by atoms with Gasteiger partial charge in [0.2, 0.25) is 0 Å². The monoisotopic (exact) mass is 290 g/mol. The molecule has 0 aromatic carbocycles. The maximum atomic E-state index is 8.55. The first-order valence-electron chi connectivity index (χ1n) is 2.48. The normalized spacial score (nSPS) is 8.73. The summed E-state index contributed by atoms with van der Waals surface area (Å²) in [5.41, 5.74) is 0. The fraction of sp³-hybridized carbons (Fsp3) is 0. The molecule has 0 aliphatic heterocycles. The minimum atomic E-state index is 0.522. The van der Waals surface area contributed by atoms with Gasteiger partial charge < -0.3 is 0 Å². The fourth-order valence-corrected chi connectivity index (χ4v) is 2.54. The lowest BCUT2D eigenvalue weighted by Crippen LogP contribution is -1.64. The Labute approximate surface area is 84.3 Å². The van der Waals surface area contributed by atoms with Crippen LogP contribution in [0.5, 0.6) is 0 Å². The van der Waals surface area contributed by atoms with Crippen molar-refractivity contribution >= 4 is 43.2 Å². The van der Waals surface area contributed by atoms with Gasteiger partial charge in [-0.05, 0) is 31.9 Å². The minimum Gasteiger partial charge on any atom is -0.191 e. The molecule has 11 heavy (non-hydrogen) atoms. The van der Waals surface area contributed by atoms with Crippen LogP contribution < -0.4 is 0 Å². The van der Waals surface area contributed by atoms with Crippen molar-refractivity contribution in [1.29, 1.82) is 10.5 Å². The van der Waals surface area contributed by atoms with Gasteiger partial charge in [-0.1, -0.05) is 0 Å². The molecule has 5 heteroatoms. The van der Waals surface area contributed by atoms with E-state index in [1.165, 1.54) is 11.3 Å². The van der Waals surface area contributed by atoms with Crippen molar-refractivity contribution in [2.24, 2.45) is 0 Å². The third-order valence-electron chi connectivity index (χ3n) is 0.999. The quantitative estimate of drug-likeness (QED) is 0.738. The average molecular weight is 292 g/mol. The van der Waals surface area contributed by atoms with E-state index in [0.29, 0.717) is 18.7 Å². The Bertz CT molecular complexity index is 335. The molecule has 1 rings (SSSR count). The van der Waals surface area contributed by atoms with Crippen molar-refractivity contribution in [2.75, 3.05) is 0 Å². The molecule has 0 bridgehead atoms. The number of rotatable bonds is 0. The predicted octanol–water partition coefficient (Wildman–Crippen LogP) is 3.02. The molecular formula is C6Br2N2S. The first-order valence-corrected chi connectivity index (χ1v) is 4.89. The summed E-state index contributed by atoms with van der Waals surface area (Å²) in [7, 11) is 0. The molecule has 54 valence electrons. The molecule has 0 unspecified atom stereocenters. The molecule has 0 N–H and O–H groups in total. The Morgan fingerprint density at radius 3 is 1.55 bits per heavy atom. The summed E-state index contributed by atoms with van der Waals surface area (Å²) in [5.74, 6) is 0. The van der Waals surface area contributed by atoms with Crippen molar-refractivity contribution in [3.05, 3.63) is 18.7 Å². The van der Waals surface area contributed by atoms with Crippen LogP contribution in [-0.4, -0.2) is 0 Å². The van der Waals surface area contributed by atoms with Gasteiger partial charge >= 0.3 is 0 Å². The van der Waals surface area contributed by atoms with Crippen LogP contribution in [0.3, 0.4) is 0 Å². The van der Waals surface area contributed by atoms with E-state index in [4.69, 9.17) is 10.5 Å². The van der Waals surface area contributed by atoms with Crippen LogP contribution in [0.25, 0.3) is 0 Å². The zero-order chi connectivity index (χ0) is 8.43. The van der Waals surface area contributed by atoms with Gasteiger partial charge in [0, 0.05) is 0 Å². The summed E-state index contributed by atoms with van der Waals surface area (Å²) >= 11 is 7.55. The van der Waals surface area contributed by atoms with E-state index >= 15 is 0 Å². The SMILES string of the molecule is N#Cc1sc(C#N)c(Br)c1Br. The first kappa shape index (κ1) is 8.73. The Morgan fingerprint density at radius 2 is 1.36 bits per heavy atom. The van der Waals surface area contributed by atoms with Crippen LogP contribution in [0.15, 0.2) is 8.95 Å². The number of hydrogen-bond donors (Lipinski definition) is 0. The van der Waals surface area contributed by atoms with E-state index in [0.717, 1.165) is 0 Å². The summed E-state index contributed by atoms with van der Waals surface area (Å²) in [4.78, 5) is 1.04. The summed E-state index contributed by atoms with van der Waals surface area (Å²) < 4.78 is 1.34. The molecule has 0 aliphatic carbocycles. The number of halogens is 2. The molecular weight excluding hydrogens is 292 g/mol. The topological polar surface area (TPSA) is 47.6 Å². The zero-order valence-electron chi connectivity index (χ0n) is 5.06. The lowest BCUT2D eigenvalue weighted by Gasteiger charge is -1.81. The molecule has 1 aromatic heterocycles. The molecule has 2 nitrogen and oxygen atoms in total. The van der Waals surface area contributed by atoms with E-state index < -0.39 is 0 Å². The Morgan fingerprint density at radius 1 is 1.00 bits per heavy atom. The molecule has 0 amide bonds. The fourth-order valence-electron chi connectivity index (χ4n) is 0.535. The van der Waals surface area contributed by atoms with Crippen LogP contribution in [0.1, 0.15) is 9.75 Å². The number of hydrogen-bond acceptors (Lipinski definition) is 3. The average Bonchev–Trinajstić information content (AvgIpc) is 2.30. The molecule has 1 aromatic rings. The maximum Gasteiger partial charge on any atom is 0.121 e. The van der Waals surface area contributed by atoms with Crippen LogP contribution in [0.4, 0.5) is 0 Å². The highest BCUT2D eigenvalue weighted by Crippen LogP contribution is 2.36. The van der Waals surface area contributed by atoms with E-state index in [-0.39, 0.29) is 0 Å². The third kappa shape index (κ3) is 1.46. The third-order valence-corrected chi connectivity index (χ3v) is 4.64. The van der Waals surface area contributed by atoms with E-state index in [1.54, 1.807) is 0 Å². The Balaban J connectivity index is 3.40. The number of nitrogens with zero attached hydrogens (tertiary/aromatic N) is 2. The highest BCUT2D eigenvalue weighted by Gasteiger charge is 2.12. The second-order valence-corrected chi connectivity index (χ2v) is 4.22. The minimum absolute atomic E-state index is 0.522. The molecule has 0 fully saturated rings. The second-order valence-electron chi connectivity index (χ2n) is 1.61. The van der Waals surface area contributed by atoms with Crippen molar-refractivity contribution in [3.8, 4) is 12.1 Å². The van der Waals surface area contributed by atoms with Crippen LogP contribution >= 0.6 is 43.2 Å². The Hall–Kier alpha value is -0.360. The summed E-state index contributed by atoms with van der Waals surface area (Å²) in [6, 6.07) is 3.96. The molecule has 1 heterocycles. The highest BCUT2D eigenvalue weighted by atomic mass is 79.9. The van der Waals surface area contributed by atoms with Gasteiger partial charge in [0.05, 0.1) is 8.95 Å². The van der Waals surface area contributed by atoms with Gasteiger partial charge in [-0.25, -0.2) is 0 Å². The van der Waals surface area contributed by atoms with Crippen molar-refractivity contribution in [1.82, 2.24) is 0 Å². The molecule has 0 radical (unpaired) electrons. The highest BCUT2D eigenvalue weighted by molar-refractivity contribution is 9.13. The van der Waals surface area contributed by atoms with Gasteiger partial charge in [0.1, 0.15) is 21.9 Å². The van der Waals surface area contributed by atoms with Gasteiger partial charge in [0.15, 0.2) is 0 Å². The summed E-state index contributed by atoms with van der Waals surface area (Å²) in [6.45, 7) is 0. The molecule has 0 saturated heterocycles. The Kier molecular flexibility index (Phi) is 2.67. The molecule has 0 spiro atoms. The standard InChI is InChI=1S/C6Br2N2S/c7-5-3(1-9)11-4(2-10)6(5)8. The van der Waals surface area contributed by atoms with Gasteiger partial charge in [-0.2, -0.15) is 10.5 Å². The first-order chi connectivity index (χ1) is 5.20. The smallest absolute Gasteiger partial charge is 0.121 e. The second kappa shape index (κ2) is 3.36. The lowest BCUT2D eigenvalue weighted by atomic mass is 10.4. The number of thiophene rings is 1. The van der Waals surface area contributed by atoms with Gasteiger partial charge in [-0.15, -0.1) is 11.3 Å². The zero-order valence-corrected chi connectivity index (χ0v) is 9.05. The summed E-state index contributed by atoms with van der Waals surface area (Å²) in [5, 5.41) is 17.1. The van der Waals surface area contributed by atoms with E-state index in [2.05, 4.69) is 31.9 Å². The van der Waals surface area contributed by atoms with E-state index in [1.807, 2.05) is 12.1 Å². The maximum absolute atomic E-state index is 8.55. The largest absolute Gasteiger partial charge is 0.191 e. The summed E-state index contributed by atoms with van der Waals surface area (Å²) in [6.07, 6.45) is 0. The molecule has 0 atom stereocenters. The number of nitriles is 2. The van der Waals surface area contributed by atoms with Crippen LogP contribution in [0.2, 0.25) is 0 Å².